The van der Waals surface area contributed by atoms with Gasteiger partial charge in [-0.2, -0.15) is 0 Å². The fraction of sp³-hybridized carbons (Fsp3) is 0.471. The van der Waals surface area contributed by atoms with Crippen LogP contribution in [0.4, 0.5) is 10.5 Å². The number of methoxy groups -OCH3 is 1. The number of carbonyl (C=O) groups excluding carboxylic acids is 3. The van der Waals surface area contributed by atoms with Crippen molar-refractivity contribution in [3.8, 4) is 5.75 Å². The fourth-order valence-corrected chi connectivity index (χ4v) is 2.00. The summed E-state index contributed by atoms with van der Waals surface area (Å²) in [5.74, 6) is -0.880. The molecule has 0 unspecified atom stereocenters. The normalized spacial score (nSPS) is 12.0. The number of nitrogens with one attached hydrogen (secondary N) is 2. The van der Waals surface area contributed by atoms with Crippen LogP contribution in [0.2, 0.25) is 0 Å². The third kappa shape index (κ3) is 7.11. The third-order valence-electron chi connectivity index (χ3n) is 3.03. The zero-order chi connectivity index (χ0) is 19.2. The monoisotopic (exact) mass is 351 g/mol. The molecule has 0 radical (unpaired) electrons. The molecule has 0 spiro atoms. The molecule has 1 rings (SSSR count). The van der Waals surface area contributed by atoms with Crippen LogP contribution in [0, 0.1) is 6.92 Å². The highest BCUT2D eigenvalue weighted by Crippen LogP contribution is 2.25. The number of aryl methyl sites for hydroxylation is 1. The summed E-state index contributed by atoms with van der Waals surface area (Å²) in [5, 5.41) is 5.00. The molecule has 0 fully saturated rings. The van der Waals surface area contributed by atoms with Gasteiger partial charge in [0.1, 0.15) is 17.4 Å². The Hall–Kier alpha value is -2.77. The molecule has 0 saturated carbocycles. The van der Waals surface area contributed by atoms with E-state index in [1.807, 2.05) is 13.0 Å². The zero-order valence-electron chi connectivity index (χ0n) is 15.1. The molecule has 0 saturated heterocycles. The van der Waals surface area contributed by atoms with Crippen LogP contribution in [-0.4, -0.2) is 36.7 Å². The maximum Gasteiger partial charge on any atom is 0.408 e. The number of hydrogen-bond acceptors (Lipinski definition) is 5. The molecule has 0 aromatic heterocycles. The quantitative estimate of drug-likeness (QED) is 0.721. The Morgan fingerprint density at radius 3 is 2.40 bits per heavy atom. The molecule has 3 amide bonds. The van der Waals surface area contributed by atoms with Crippen molar-refractivity contribution in [1.82, 2.24) is 5.32 Å². The van der Waals surface area contributed by atoms with Crippen LogP contribution < -0.4 is 21.1 Å². The van der Waals surface area contributed by atoms with Crippen LogP contribution in [0.25, 0.3) is 0 Å². The molecule has 4 N–H and O–H groups in total. The lowest BCUT2D eigenvalue weighted by Crippen LogP contribution is -2.47. The number of carbonyl (C=O) groups is 3. The third-order valence-corrected chi connectivity index (χ3v) is 3.03. The van der Waals surface area contributed by atoms with E-state index in [9.17, 15) is 14.4 Å². The van der Waals surface area contributed by atoms with Crippen molar-refractivity contribution in [2.24, 2.45) is 5.73 Å². The van der Waals surface area contributed by atoms with Crippen LogP contribution >= 0.6 is 0 Å². The molecule has 0 heterocycles. The SMILES string of the molecule is COc1ccc(C)cc1NC(=O)[C@@H](CC(N)=O)NC(=O)OC(C)(C)C. The maximum absolute atomic E-state index is 12.5. The number of primary amides is 1. The van der Waals surface area contributed by atoms with Gasteiger partial charge in [-0.3, -0.25) is 9.59 Å². The van der Waals surface area contributed by atoms with E-state index in [-0.39, 0.29) is 6.42 Å². The fourth-order valence-electron chi connectivity index (χ4n) is 2.00. The van der Waals surface area contributed by atoms with Gasteiger partial charge < -0.3 is 25.8 Å². The van der Waals surface area contributed by atoms with E-state index in [2.05, 4.69) is 10.6 Å². The molecular weight excluding hydrogens is 326 g/mol. The van der Waals surface area contributed by atoms with Crippen molar-refractivity contribution in [2.75, 3.05) is 12.4 Å². The Morgan fingerprint density at radius 1 is 1.24 bits per heavy atom. The Balaban J connectivity index is 2.92. The Kier molecular flexibility index (Phi) is 6.78. The largest absolute Gasteiger partial charge is 0.495 e. The summed E-state index contributed by atoms with van der Waals surface area (Å²) < 4.78 is 10.3. The standard InChI is InChI=1S/C17H25N3O5/c1-10-6-7-13(24-5)11(8-10)19-15(22)12(9-14(18)21)20-16(23)25-17(2,3)4/h6-8,12H,9H2,1-5H3,(H2,18,21)(H,19,22)(H,20,23)/t12-/m1/s1. The Bertz CT molecular complexity index is 652. The highest BCUT2D eigenvalue weighted by atomic mass is 16.6. The molecule has 0 aliphatic heterocycles. The number of rotatable bonds is 6. The van der Waals surface area contributed by atoms with Crippen molar-refractivity contribution in [2.45, 2.75) is 45.8 Å². The summed E-state index contributed by atoms with van der Waals surface area (Å²) in [6.45, 7) is 6.92. The minimum absolute atomic E-state index is 0.362. The predicted octanol–water partition coefficient (Wildman–Crippen LogP) is 1.71. The van der Waals surface area contributed by atoms with Gasteiger partial charge in [-0.1, -0.05) is 6.07 Å². The number of hydrogen-bond donors (Lipinski definition) is 3. The Labute approximate surface area is 147 Å². The van der Waals surface area contributed by atoms with E-state index >= 15 is 0 Å². The molecule has 8 nitrogen and oxygen atoms in total. The van der Waals surface area contributed by atoms with Crippen molar-refractivity contribution >= 4 is 23.6 Å². The number of amides is 3. The van der Waals surface area contributed by atoms with Crippen LogP contribution in [0.3, 0.4) is 0 Å². The van der Waals surface area contributed by atoms with Crippen LogP contribution in [0.15, 0.2) is 18.2 Å². The molecule has 0 bridgehead atoms. The molecule has 0 aliphatic rings. The first-order chi connectivity index (χ1) is 11.5. The van der Waals surface area contributed by atoms with Gasteiger partial charge in [0, 0.05) is 0 Å². The number of nitrogens with two attached hydrogens (primary N) is 1. The molecule has 1 aromatic rings. The summed E-state index contributed by atoms with van der Waals surface area (Å²) >= 11 is 0. The molecule has 1 aromatic carbocycles. The van der Waals surface area contributed by atoms with Gasteiger partial charge in [-0.15, -0.1) is 0 Å². The Morgan fingerprint density at radius 2 is 1.88 bits per heavy atom. The van der Waals surface area contributed by atoms with E-state index < -0.39 is 29.6 Å². The average Bonchev–Trinajstić information content (AvgIpc) is 2.44. The van der Waals surface area contributed by atoms with Crippen molar-refractivity contribution in [3.63, 3.8) is 0 Å². The summed E-state index contributed by atoms with van der Waals surface area (Å²) in [4.78, 5) is 35.6. The molecule has 8 heteroatoms. The van der Waals surface area contributed by atoms with E-state index in [1.165, 1.54) is 7.11 Å². The van der Waals surface area contributed by atoms with Gasteiger partial charge in [0.15, 0.2) is 0 Å². The van der Waals surface area contributed by atoms with Gasteiger partial charge in [-0.25, -0.2) is 4.79 Å². The molecular formula is C17H25N3O5. The number of ether oxygens (including phenoxy) is 2. The minimum atomic E-state index is -1.17. The average molecular weight is 351 g/mol. The number of alkyl carbamates (subject to hydrolysis) is 1. The van der Waals surface area contributed by atoms with Gasteiger partial charge in [-0.05, 0) is 45.4 Å². The highest BCUT2D eigenvalue weighted by molar-refractivity contribution is 6.00. The number of anilines is 1. The van der Waals surface area contributed by atoms with Gasteiger partial charge in [0.25, 0.3) is 0 Å². The summed E-state index contributed by atoms with van der Waals surface area (Å²) in [6, 6.07) is 4.08. The maximum atomic E-state index is 12.5. The van der Waals surface area contributed by atoms with Crippen molar-refractivity contribution in [3.05, 3.63) is 23.8 Å². The lowest BCUT2D eigenvalue weighted by atomic mass is 10.1. The number of benzene rings is 1. The van der Waals surface area contributed by atoms with Gasteiger partial charge >= 0.3 is 6.09 Å². The zero-order valence-corrected chi connectivity index (χ0v) is 15.1. The predicted molar refractivity (Wildman–Crippen MR) is 93.3 cm³/mol. The first kappa shape index (κ1) is 20.3. The molecule has 0 aliphatic carbocycles. The molecule has 138 valence electrons. The van der Waals surface area contributed by atoms with Crippen LogP contribution in [-0.2, 0) is 14.3 Å². The van der Waals surface area contributed by atoms with Crippen LogP contribution in [0.5, 0.6) is 5.75 Å². The van der Waals surface area contributed by atoms with E-state index in [1.54, 1.807) is 32.9 Å². The summed E-state index contributed by atoms with van der Waals surface area (Å²) in [5.41, 5.74) is 5.76. The van der Waals surface area contributed by atoms with E-state index in [0.717, 1.165) is 5.56 Å². The van der Waals surface area contributed by atoms with Crippen molar-refractivity contribution in [1.29, 1.82) is 0 Å². The lowest BCUT2D eigenvalue weighted by Gasteiger charge is -2.23. The van der Waals surface area contributed by atoms with E-state index in [4.69, 9.17) is 15.2 Å². The first-order valence-corrected chi connectivity index (χ1v) is 7.75. The van der Waals surface area contributed by atoms with Gasteiger partial charge in [0.05, 0.1) is 19.2 Å². The second-order valence-corrected chi connectivity index (χ2v) is 6.56. The topological polar surface area (TPSA) is 120 Å². The molecule has 1 atom stereocenters. The summed E-state index contributed by atoms with van der Waals surface area (Å²) in [7, 11) is 1.47. The van der Waals surface area contributed by atoms with Gasteiger partial charge in [0.2, 0.25) is 11.8 Å². The minimum Gasteiger partial charge on any atom is -0.495 e. The first-order valence-electron chi connectivity index (χ1n) is 7.75. The van der Waals surface area contributed by atoms with Crippen LogP contribution in [0.1, 0.15) is 32.8 Å². The molecule has 25 heavy (non-hydrogen) atoms. The highest BCUT2D eigenvalue weighted by Gasteiger charge is 2.26. The second-order valence-electron chi connectivity index (χ2n) is 6.56. The summed E-state index contributed by atoms with van der Waals surface area (Å²) in [6.07, 6.45) is -1.18. The second kappa shape index (κ2) is 8.36. The lowest BCUT2D eigenvalue weighted by molar-refractivity contribution is -0.124. The smallest absolute Gasteiger partial charge is 0.408 e. The van der Waals surface area contributed by atoms with E-state index in [0.29, 0.717) is 11.4 Å². The van der Waals surface area contributed by atoms with Crippen molar-refractivity contribution < 1.29 is 23.9 Å².